The van der Waals surface area contributed by atoms with E-state index in [9.17, 15) is 4.79 Å². The van der Waals surface area contributed by atoms with Gasteiger partial charge in [0.05, 0.1) is 11.3 Å². The Labute approximate surface area is 133 Å². The Bertz CT molecular complexity index is 938. The summed E-state index contributed by atoms with van der Waals surface area (Å²) in [6, 6.07) is 18.0. The number of allylic oxidation sites excluding steroid dienone is 1. The first-order chi connectivity index (χ1) is 11.3. The van der Waals surface area contributed by atoms with Crippen molar-refractivity contribution in [2.24, 2.45) is 4.99 Å². The average Bonchev–Trinajstić information content (AvgIpc) is 3.16. The summed E-state index contributed by atoms with van der Waals surface area (Å²) >= 11 is 0. The van der Waals surface area contributed by atoms with Crippen LogP contribution in [0, 0.1) is 0 Å². The van der Waals surface area contributed by atoms with Gasteiger partial charge in [-0.25, -0.2) is 10.4 Å². The van der Waals surface area contributed by atoms with Gasteiger partial charge < -0.3 is 0 Å². The van der Waals surface area contributed by atoms with Crippen LogP contribution < -0.4 is 5.43 Å². The zero-order valence-corrected chi connectivity index (χ0v) is 12.3. The number of Topliss-reactive ketones (excluding diaryl/α,β-unsaturated/α-hetero) is 1. The van der Waals surface area contributed by atoms with Gasteiger partial charge >= 0.3 is 0 Å². The summed E-state index contributed by atoms with van der Waals surface area (Å²) in [5.74, 6) is 0.924. The first-order valence-electron chi connectivity index (χ1n) is 7.59. The number of ketones is 1. The van der Waals surface area contributed by atoms with Crippen LogP contribution in [0.3, 0.4) is 0 Å². The highest BCUT2D eigenvalue weighted by Crippen LogP contribution is 2.41. The number of nitrogens with zero attached hydrogens (tertiary/aromatic N) is 2. The molecule has 4 heteroatoms. The quantitative estimate of drug-likeness (QED) is 0.880. The molecule has 0 saturated heterocycles. The summed E-state index contributed by atoms with van der Waals surface area (Å²) in [6.45, 7) is 0.698. The van der Waals surface area contributed by atoms with Crippen molar-refractivity contribution in [3.63, 3.8) is 0 Å². The average molecular weight is 299 g/mol. The van der Waals surface area contributed by atoms with Crippen LogP contribution in [-0.2, 0) is 0 Å². The number of rotatable bonds is 1. The Balaban J connectivity index is 1.68. The molecule has 0 saturated carbocycles. The van der Waals surface area contributed by atoms with Gasteiger partial charge in [-0.1, -0.05) is 54.6 Å². The van der Waals surface area contributed by atoms with Crippen molar-refractivity contribution < 1.29 is 4.79 Å². The molecule has 0 fully saturated rings. The molecule has 2 aromatic rings. The monoisotopic (exact) mass is 299 g/mol. The molecule has 0 amide bonds. The number of hydrogen-bond donors (Lipinski definition) is 1. The standard InChI is InChI=1S/C19H13N3O/c23-18-14-9-5-4-8-13(14)17-16(18)10-20-19-15(11-21-22(17)19)12-6-2-1-3-7-12/h1-10,21H,11H2. The molecule has 4 nitrogen and oxygen atoms in total. The van der Waals surface area contributed by atoms with Gasteiger partial charge in [-0.3, -0.25) is 9.80 Å². The minimum Gasteiger partial charge on any atom is -0.288 e. The van der Waals surface area contributed by atoms with Crippen molar-refractivity contribution in [3.05, 3.63) is 82.7 Å². The van der Waals surface area contributed by atoms with Gasteiger partial charge in [0.25, 0.3) is 0 Å². The van der Waals surface area contributed by atoms with Crippen LogP contribution in [0.15, 0.2) is 71.0 Å². The topological polar surface area (TPSA) is 44.7 Å². The molecule has 0 bridgehead atoms. The van der Waals surface area contributed by atoms with Crippen LogP contribution >= 0.6 is 0 Å². The van der Waals surface area contributed by atoms with E-state index in [4.69, 9.17) is 0 Å². The van der Waals surface area contributed by atoms with Crippen molar-refractivity contribution in [2.45, 2.75) is 0 Å². The molecule has 0 spiro atoms. The zero-order valence-electron chi connectivity index (χ0n) is 12.3. The summed E-state index contributed by atoms with van der Waals surface area (Å²) in [7, 11) is 0. The molecular weight excluding hydrogens is 286 g/mol. The molecule has 2 aromatic carbocycles. The van der Waals surface area contributed by atoms with Gasteiger partial charge in [0.2, 0.25) is 0 Å². The first-order valence-corrected chi connectivity index (χ1v) is 7.59. The number of hydrogen-bond acceptors (Lipinski definition) is 4. The van der Waals surface area contributed by atoms with Crippen LogP contribution in [0.1, 0.15) is 21.5 Å². The smallest absolute Gasteiger partial charge is 0.197 e. The van der Waals surface area contributed by atoms with Crippen LogP contribution in [0.4, 0.5) is 0 Å². The normalized spacial score (nSPS) is 18.4. The van der Waals surface area contributed by atoms with Gasteiger partial charge in [0.15, 0.2) is 11.6 Å². The number of fused-ring (bicyclic) bond motifs is 4. The summed E-state index contributed by atoms with van der Waals surface area (Å²) in [5, 5.41) is 1.96. The molecule has 110 valence electrons. The second-order valence-corrected chi connectivity index (χ2v) is 5.73. The summed E-state index contributed by atoms with van der Waals surface area (Å²) in [4.78, 5) is 17.1. The molecular formula is C19H13N3O. The summed E-state index contributed by atoms with van der Waals surface area (Å²) in [5.41, 5.74) is 8.97. The van der Waals surface area contributed by atoms with E-state index in [0.29, 0.717) is 12.1 Å². The van der Waals surface area contributed by atoms with E-state index in [1.54, 1.807) is 6.21 Å². The van der Waals surface area contributed by atoms with Crippen LogP contribution in [-0.4, -0.2) is 23.6 Å². The zero-order chi connectivity index (χ0) is 15.4. The van der Waals surface area contributed by atoms with Crippen LogP contribution in [0.25, 0.3) is 11.3 Å². The fourth-order valence-corrected chi connectivity index (χ4v) is 3.41. The lowest BCUT2D eigenvalue weighted by Crippen LogP contribution is -2.32. The summed E-state index contributed by atoms with van der Waals surface area (Å²) < 4.78 is 0. The lowest BCUT2D eigenvalue weighted by atomic mass is 10.1. The Hall–Kier alpha value is -2.98. The predicted molar refractivity (Wildman–Crippen MR) is 89.4 cm³/mol. The van der Waals surface area contributed by atoms with E-state index in [1.807, 2.05) is 47.5 Å². The van der Waals surface area contributed by atoms with Gasteiger partial charge in [-0.2, -0.15) is 0 Å². The Kier molecular flexibility index (Phi) is 2.46. The third-order valence-corrected chi connectivity index (χ3v) is 4.48. The molecule has 0 atom stereocenters. The van der Waals surface area contributed by atoms with E-state index >= 15 is 0 Å². The maximum Gasteiger partial charge on any atom is 0.197 e. The molecule has 0 aromatic heterocycles. The third-order valence-electron chi connectivity index (χ3n) is 4.48. The van der Waals surface area contributed by atoms with Gasteiger partial charge in [-0.05, 0) is 5.56 Å². The Morgan fingerprint density at radius 1 is 0.957 bits per heavy atom. The number of aliphatic imine (C=N–C) groups is 1. The van der Waals surface area contributed by atoms with Gasteiger partial charge in [-0.15, -0.1) is 0 Å². The fraction of sp³-hybridized carbons (Fsp3) is 0.0526. The maximum atomic E-state index is 12.6. The van der Waals surface area contributed by atoms with Crippen LogP contribution in [0.2, 0.25) is 0 Å². The number of benzene rings is 2. The second-order valence-electron chi connectivity index (χ2n) is 5.73. The number of carbonyl (C=O) groups is 1. The Morgan fingerprint density at radius 3 is 2.52 bits per heavy atom. The highest BCUT2D eigenvalue weighted by Gasteiger charge is 2.38. The molecule has 5 rings (SSSR count). The third kappa shape index (κ3) is 1.64. The Morgan fingerprint density at radius 2 is 1.70 bits per heavy atom. The molecule has 1 aliphatic carbocycles. The number of nitrogens with one attached hydrogen (secondary N) is 1. The van der Waals surface area contributed by atoms with E-state index in [2.05, 4.69) is 22.6 Å². The van der Waals surface area contributed by atoms with Crippen molar-refractivity contribution in [2.75, 3.05) is 6.54 Å². The predicted octanol–water partition coefficient (Wildman–Crippen LogP) is 2.87. The van der Waals surface area contributed by atoms with Crippen molar-refractivity contribution in [1.82, 2.24) is 10.4 Å². The molecule has 2 aliphatic heterocycles. The van der Waals surface area contributed by atoms with E-state index < -0.39 is 0 Å². The highest BCUT2D eigenvalue weighted by molar-refractivity contribution is 6.31. The molecule has 23 heavy (non-hydrogen) atoms. The van der Waals surface area contributed by atoms with E-state index in [1.165, 1.54) is 0 Å². The minimum absolute atomic E-state index is 0.0494. The largest absolute Gasteiger partial charge is 0.288 e. The lowest BCUT2D eigenvalue weighted by molar-refractivity contribution is 0.104. The fourth-order valence-electron chi connectivity index (χ4n) is 3.41. The van der Waals surface area contributed by atoms with Crippen molar-refractivity contribution in [3.8, 4) is 0 Å². The maximum absolute atomic E-state index is 12.6. The SMILES string of the molecule is O=C1C2=C(c3ccccc31)N1NCC(c3ccccc3)=C1N=C2. The molecule has 3 aliphatic rings. The van der Waals surface area contributed by atoms with E-state index in [0.717, 1.165) is 33.8 Å². The number of hydrazine groups is 1. The molecule has 0 radical (unpaired) electrons. The van der Waals surface area contributed by atoms with Crippen LogP contribution in [0.5, 0.6) is 0 Å². The lowest BCUT2D eigenvalue weighted by Gasteiger charge is -2.25. The molecule has 0 unspecified atom stereocenters. The molecule has 2 heterocycles. The summed E-state index contributed by atoms with van der Waals surface area (Å²) in [6.07, 6.45) is 1.71. The van der Waals surface area contributed by atoms with E-state index in [-0.39, 0.29) is 5.78 Å². The molecule has 1 N–H and O–H groups in total. The van der Waals surface area contributed by atoms with Gasteiger partial charge in [0, 0.05) is 29.5 Å². The first kappa shape index (κ1) is 12.6. The minimum atomic E-state index is 0.0494. The van der Waals surface area contributed by atoms with Crippen molar-refractivity contribution in [1.29, 1.82) is 0 Å². The second kappa shape index (κ2) is 4.51. The van der Waals surface area contributed by atoms with Gasteiger partial charge in [0.1, 0.15) is 0 Å². The number of carbonyl (C=O) groups excluding carboxylic acids is 1. The van der Waals surface area contributed by atoms with Crippen molar-refractivity contribution >= 4 is 23.3 Å². The highest BCUT2D eigenvalue weighted by atomic mass is 16.1.